The molecule has 0 bridgehead atoms. The summed E-state index contributed by atoms with van der Waals surface area (Å²) in [6.07, 6.45) is 0. The number of hydrogen-bond acceptors (Lipinski definition) is 6. The smallest absolute Gasteiger partial charge is 0.324 e. The summed E-state index contributed by atoms with van der Waals surface area (Å²) in [6, 6.07) is 10.5. The maximum Gasteiger partial charge on any atom is 0.324 e. The van der Waals surface area contributed by atoms with Crippen LogP contribution >= 0.6 is 34.3 Å². The van der Waals surface area contributed by atoms with Crippen LogP contribution in [-0.2, 0) is 0 Å². The Morgan fingerprint density at radius 1 is 1.19 bits per heavy atom. The second kappa shape index (κ2) is 5.80. The molecule has 0 atom stereocenters. The molecule has 2 aromatic heterocycles. The van der Waals surface area contributed by atoms with Crippen molar-refractivity contribution in [1.82, 2.24) is 4.98 Å². The van der Waals surface area contributed by atoms with E-state index < -0.39 is 4.92 Å². The van der Waals surface area contributed by atoms with E-state index in [9.17, 15) is 10.1 Å². The molecule has 0 saturated heterocycles. The first-order chi connectivity index (χ1) is 10.1. The van der Waals surface area contributed by atoms with Gasteiger partial charge in [0.05, 0.1) is 15.5 Å². The molecule has 3 aromatic rings. The summed E-state index contributed by atoms with van der Waals surface area (Å²) in [6.45, 7) is 0. The van der Waals surface area contributed by atoms with Gasteiger partial charge in [0.25, 0.3) is 0 Å². The van der Waals surface area contributed by atoms with Gasteiger partial charge in [0.2, 0.25) is 0 Å². The SMILES string of the molecule is O=[N+]([O-])c1ccc(-c2csc(Nc3ccc(Cl)cc3)n2)s1. The molecule has 0 spiro atoms. The van der Waals surface area contributed by atoms with Gasteiger partial charge in [-0.15, -0.1) is 11.3 Å². The second-order valence-electron chi connectivity index (χ2n) is 4.06. The molecule has 1 N–H and O–H groups in total. The van der Waals surface area contributed by atoms with Crippen LogP contribution in [0, 0.1) is 10.1 Å². The number of halogens is 1. The van der Waals surface area contributed by atoms with E-state index in [1.807, 2.05) is 17.5 Å². The fraction of sp³-hybridized carbons (Fsp3) is 0. The van der Waals surface area contributed by atoms with Gasteiger partial charge in [-0.05, 0) is 30.3 Å². The molecule has 0 unspecified atom stereocenters. The summed E-state index contributed by atoms with van der Waals surface area (Å²) < 4.78 is 0. The van der Waals surface area contributed by atoms with Crippen molar-refractivity contribution >= 4 is 50.1 Å². The van der Waals surface area contributed by atoms with Gasteiger partial charge in [0, 0.05) is 22.2 Å². The minimum absolute atomic E-state index is 0.116. The Bertz CT molecular complexity index is 783. The lowest BCUT2D eigenvalue weighted by molar-refractivity contribution is -0.380. The van der Waals surface area contributed by atoms with Crippen LogP contribution in [0.1, 0.15) is 0 Å². The summed E-state index contributed by atoms with van der Waals surface area (Å²) >= 11 is 8.39. The first kappa shape index (κ1) is 14.0. The standard InChI is InChI=1S/C13H8ClN3O2S2/c14-8-1-3-9(4-2-8)15-13-16-10(7-20-13)11-5-6-12(21-11)17(18)19/h1-7H,(H,15,16). The number of thiazole rings is 1. The third-order valence-electron chi connectivity index (χ3n) is 2.62. The molecule has 8 heteroatoms. The number of nitrogens with one attached hydrogen (secondary N) is 1. The molecule has 0 aliphatic carbocycles. The predicted octanol–water partition coefficient (Wildman–Crippen LogP) is 5.18. The molecule has 0 aliphatic rings. The quantitative estimate of drug-likeness (QED) is 0.526. The molecule has 0 radical (unpaired) electrons. The number of anilines is 2. The zero-order valence-electron chi connectivity index (χ0n) is 10.4. The van der Waals surface area contributed by atoms with Crippen LogP contribution in [0.5, 0.6) is 0 Å². The normalized spacial score (nSPS) is 10.5. The van der Waals surface area contributed by atoms with Crippen molar-refractivity contribution in [2.45, 2.75) is 0 Å². The third-order valence-corrected chi connectivity index (χ3v) is 4.69. The zero-order chi connectivity index (χ0) is 14.8. The number of thiophene rings is 1. The molecular formula is C13H8ClN3O2S2. The van der Waals surface area contributed by atoms with Gasteiger partial charge in [-0.3, -0.25) is 10.1 Å². The van der Waals surface area contributed by atoms with Gasteiger partial charge >= 0.3 is 5.00 Å². The van der Waals surface area contributed by atoms with Crippen molar-refractivity contribution in [1.29, 1.82) is 0 Å². The molecule has 0 aliphatic heterocycles. The molecule has 0 saturated carbocycles. The largest absolute Gasteiger partial charge is 0.332 e. The third kappa shape index (κ3) is 3.21. The van der Waals surface area contributed by atoms with E-state index in [-0.39, 0.29) is 5.00 Å². The number of nitrogens with zero attached hydrogens (tertiary/aromatic N) is 2. The van der Waals surface area contributed by atoms with E-state index in [4.69, 9.17) is 11.6 Å². The minimum atomic E-state index is -0.395. The highest BCUT2D eigenvalue weighted by atomic mass is 35.5. The molecule has 5 nitrogen and oxygen atoms in total. The van der Waals surface area contributed by atoms with Crippen LogP contribution in [-0.4, -0.2) is 9.91 Å². The Hall–Kier alpha value is -1.96. The van der Waals surface area contributed by atoms with Crippen molar-refractivity contribution in [3.8, 4) is 10.6 Å². The van der Waals surface area contributed by atoms with E-state index in [2.05, 4.69) is 10.3 Å². The highest BCUT2D eigenvalue weighted by molar-refractivity contribution is 7.19. The van der Waals surface area contributed by atoms with Crippen molar-refractivity contribution in [3.63, 3.8) is 0 Å². The average Bonchev–Trinajstić information content (AvgIpc) is 3.10. The molecule has 2 heterocycles. The molecular weight excluding hydrogens is 330 g/mol. The summed E-state index contributed by atoms with van der Waals surface area (Å²) in [5.41, 5.74) is 1.62. The number of rotatable bonds is 4. The van der Waals surface area contributed by atoms with Crippen LogP contribution < -0.4 is 5.32 Å². The van der Waals surface area contributed by atoms with Crippen LogP contribution in [0.3, 0.4) is 0 Å². The number of aromatic nitrogens is 1. The van der Waals surface area contributed by atoms with E-state index in [0.717, 1.165) is 32.7 Å². The Morgan fingerprint density at radius 3 is 2.62 bits per heavy atom. The van der Waals surface area contributed by atoms with Crippen LogP contribution in [0.15, 0.2) is 41.8 Å². The number of benzene rings is 1. The van der Waals surface area contributed by atoms with Crippen molar-refractivity contribution in [3.05, 3.63) is 56.9 Å². The summed E-state index contributed by atoms with van der Waals surface area (Å²) in [5.74, 6) is 0. The molecule has 0 fully saturated rings. The second-order valence-corrected chi connectivity index (χ2v) is 6.42. The fourth-order valence-corrected chi connectivity index (χ4v) is 3.38. The van der Waals surface area contributed by atoms with Gasteiger partial charge in [-0.25, -0.2) is 4.98 Å². The van der Waals surface area contributed by atoms with Crippen molar-refractivity contribution in [2.24, 2.45) is 0 Å². The van der Waals surface area contributed by atoms with Crippen LogP contribution in [0.25, 0.3) is 10.6 Å². The summed E-state index contributed by atoms with van der Waals surface area (Å²) in [4.78, 5) is 15.5. The lowest BCUT2D eigenvalue weighted by atomic mass is 10.3. The number of nitro groups is 1. The summed E-state index contributed by atoms with van der Waals surface area (Å²) in [5, 5.41) is 17.2. The number of hydrogen-bond donors (Lipinski definition) is 1. The predicted molar refractivity (Wildman–Crippen MR) is 86.8 cm³/mol. The molecule has 1 aromatic carbocycles. The highest BCUT2D eigenvalue weighted by Gasteiger charge is 2.13. The Kier molecular flexibility index (Phi) is 3.87. The maximum absolute atomic E-state index is 10.7. The van der Waals surface area contributed by atoms with Crippen molar-refractivity contribution < 1.29 is 4.92 Å². The lowest BCUT2D eigenvalue weighted by Crippen LogP contribution is -1.88. The van der Waals surface area contributed by atoms with Crippen LogP contribution in [0.2, 0.25) is 5.02 Å². The summed E-state index contributed by atoms with van der Waals surface area (Å²) in [7, 11) is 0. The fourth-order valence-electron chi connectivity index (χ4n) is 1.66. The highest BCUT2D eigenvalue weighted by Crippen LogP contribution is 2.34. The van der Waals surface area contributed by atoms with Gasteiger partial charge in [0.1, 0.15) is 0 Å². The first-order valence-corrected chi connectivity index (χ1v) is 7.92. The molecule has 106 valence electrons. The average molecular weight is 338 g/mol. The first-order valence-electron chi connectivity index (χ1n) is 5.84. The Balaban J connectivity index is 1.79. The Labute approximate surface area is 133 Å². The topological polar surface area (TPSA) is 68.1 Å². The van der Waals surface area contributed by atoms with Crippen molar-refractivity contribution in [2.75, 3.05) is 5.32 Å². The van der Waals surface area contributed by atoms with Gasteiger partial charge in [0.15, 0.2) is 5.13 Å². The van der Waals surface area contributed by atoms with Gasteiger partial charge in [-0.1, -0.05) is 22.9 Å². The van der Waals surface area contributed by atoms with E-state index in [1.54, 1.807) is 18.2 Å². The molecule has 3 rings (SSSR count). The lowest BCUT2D eigenvalue weighted by Gasteiger charge is -2.01. The monoisotopic (exact) mass is 337 g/mol. The van der Waals surface area contributed by atoms with Crippen LogP contribution in [0.4, 0.5) is 15.8 Å². The van der Waals surface area contributed by atoms with E-state index in [0.29, 0.717) is 5.02 Å². The molecule has 21 heavy (non-hydrogen) atoms. The molecule has 0 amide bonds. The minimum Gasteiger partial charge on any atom is -0.332 e. The maximum atomic E-state index is 10.7. The van der Waals surface area contributed by atoms with E-state index in [1.165, 1.54) is 17.4 Å². The Morgan fingerprint density at radius 2 is 1.95 bits per heavy atom. The van der Waals surface area contributed by atoms with Gasteiger partial charge in [-0.2, -0.15) is 0 Å². The van der Waals surface area contributed by atoms with E-state index >= 15 is 0 Å². The van der Waals surface area contributed by atoms with Gasteiger partial charge < -0.3 is 5.32 Å². The zero-order valence-corrected chi connectivity index (χ0v) is 12.8.